The average Bonchev–Trinajstić information content (AvgIpc) is 2.55. The summed E-state index contributed by atoms with van der Waals surface area (Å²) in [6.07, 6.45) is 1.90. The van der Waals surface area contributed by atoms with Crippen molar-refractivity contribution in [1.29, 1.82) is 5.26 Å². The Hall–Kier alpha value is -2.75. The van der Waals surface area contributed by atoms with Crippen molar-refractivity contribution in [2.75, 3.05) is 0 Å². The Morgan fingerprint density at radius 1 is 1.00 bits per heavy atom. The first kappa shape index (κ1) is 16.6. The molecule has 0 saturated carbocycles. The molecule has 5 nitrogen and oxygen atoms in total. The molecule has 0 N–H and O–H groups in total. The fourth-order valence-electron chi connectivity index (χ4n) is 2.04. The molecule has 0 radical (unpaired) electrons. The van der Waals surface area contributed by atoms with Crippen LogP contribution in [-0.2, 0) is 17.2 Å². The van der Waals surface area contributed by atoms with Crippen LogP contribution in [0.5, 0.6) is 0 Å². The van der Waals surface area contributed by atoms with Gasteiger partial charge in [-0.15, -0.1) is 0 Å². The molecule has 23 heavy (non-hydrogen) atoms. The highest BCUT2D eigenvalue weighted by atomic mass is 32.2. The van der Waals surface area contributed by atoms with E-state index in [-0.39, 0.29) is 4.90 Å². The van der Waals surface area contributed by atoms with E-state index in [1.165, 1.54) is 24.3 Å². The van der Waals surface area contributed by atoms with Gasteiger partial charge in [0.15, 0.2) is 12.3 Å². The van der Waals surface area contributed by atoms with Crippen LogP contribution >= 0.6 is 0 Å². The molecular weight excluding hydrogens is 312 g/mol. The van der Waals surface area contributed by atoms with Crippen molar-refractivity contribution < 1.29 is 17.5 Å². The Morgan fingerprint density at radius 2 is 1.61 bits per heavy atom. The number of hydrogen-bond donors (Lipinski definition) is 0. The second-order valence-corrected chi connectivity index (χ2v) is 6.12. The number of rotatable bonds is 1. The summed E-state index contributed by atoms with van der Waals surface area (Å²) in [5.41, 5.74) is 0.707. The molecule has 0 atom stereocenters. The van der Waals surface area contributed by atoms with Crippen molar-refractivity contribution >= 4 is 20.9 Å². The zero-order chi connectivity index (χ0) is 16.9. The molecule has 0 unspecified atom stereocenters. The van der Waals surface area contributed by atoms with Crippen molar-refractivity contribution in [3.05, 3.63) is 72.6 Å². The molecule has 0 aliphatic carbocycles. The van der Waals surface area contributed by atoms with Gasteiger partial charge in [0.05, 0.1) is 10.3 Å². The fraction of sp³-hybridized carbons (Fsp3) is 0.0588. The molecule has 0 saturated heterocycles. The van der Waals surface area contributed by atoms with Crippen LogP contribution in [0.25, 0.3) is 10.8 Å². The maximum Gasteiger partial charge on any atom is 0.291 e. The van der Waals surface area contributed by atoms with Crippen LogP contribution in [0.15, 0.2) is 71.8 Å². The number of fused-ring (bicyclic) bond motifs is 1. The van der Waals surface area contributed by atoms with Crippen LogP contribution in [0.2, 0.25) is 0 Å². The van der Waals surface area contributed by atoms with Crippen molar-refractivity contribution in [2.24, 2.45) is 7.05 Å². The SMILES string of the molecule is C[n+]1ccc2ccccc2c1C#N.O=S(=O)([O-])c1ccccc1. The van der Waals surface area contributed by atoms with Crippen molar-refractivity contribution in [3.63, 3.8) is 0 Å². The van der Waals surface area contributed by atoms with Crippen LogP contribution in [-0.4, -0.2) is 13.0 Å². The zero-order valence-electron chi connectivity index (χ0n) is 12.4. The Balaban J connectivity index is 0.000000174. The van der Waals surface area contributed by atoms with Gasteiger partial charge in [0, 0.05) is 6.07 Å². The molecule has 0 bridgehead atoms. The standard InChI is InChI=1S/C11H9N2.C6H6O3S/c1-13-7-6-9-4-2-3-5-10(9)11(13)8-12;7-10(8,9)6-4-2-1-3-5-6/h2-7H,1H3;1-5H,(H,7,8,9)/q+1;/p-1. The average molecular weight is 326 g/mol. The van der Waals surface area contributed by atoms with Crippen molar-refractivity contribution in [2.45, 2.75) is 4.90 Å². The fourth-order valence-corrected chi connectivity index (χ4v) is 2.53. The third-order valence-corrected chi connectivity index (χ3v) is 4.03. The minimum absolute atomic E-state index is 0.185. The Kier molecular flexibility index (Phi) is 5.06. The second kappa shape index (κ2) is 7.01. The number of aryl methyl sites for hydroxylation is 1. The molecule has 2 aromatic carbocycles. The lowest BCUT2D eigenvalue weighted by molar-refractivity contribution is -0.672. The van der Waals surface area contributed by atoms with Crippen LogP contribution < -0.4 is 4.57 Å². The van der Waals surface area contributed by atoms with Gasteiger partial charge >= 0.3 is 0 Å². The van der Waals surface area contributed by atoms with E-state index in [9.17, 15) is 13.0 Å². The summed E-state index contributed by atoms with van der Waals surface area (Å²) in [6, 6.07) is 19.3. The molecule has 1 aromatic heterocycles. The zero-order valence-corrected chi connectivity index (χ0v) is 13.2. The van der Waals surface area contributed by atoms with Gasteiger partial charge in [0.2, 0.25) is 0 Å². The van der Waals surface area contributed by atoms with Gasteiger partial charge in [-0.2, -0.15) is 9.83 Å². The molecule has 3 aromatic rings. The smallest absolute Gasteiger partial charge is 0.291 e. The molecule has 0 fully saturated rings. The summed E-state index contributed by atoms with van der Waals surface area (Å²) in [5, 5.41) is 11.1. The Morgan fingerprint density at radius 3 is 2.17 bits per heavy atom. The third kappa shape index (κ3) is 4.13. The summed E-state index contributed by atoms with van der Waals surface area (Å²) >= 11 is 0. The van der Waals surface area contributed by atoms with Gasteiger partial charge in [0.25, 0.3) is 5.69 Å². The quantitative estimate of drug-likeness (QED) is 0.506. The highest BCUT2D eigenvalue weighted by molar-refractivity contribution is 7.85. The van der Waals surface area contributed by atoms with E-state index >= 15 is 0 Å². The van der Waals surface area contributed by atoms with Crippen molar-refractivity contribution in [1.82, 2.24) is 0 Å². The van der Waals surface area contributed by atoms with Crippen LogP contribution in [0.1, 0.15) is 5.69 Å². The summed E-state index contributed by atoms with van der Waals surface area (Å²) in [4.78, 5) is -0.185. The molecule has 0 amide bonds. The lowest BCUT2D eigenvalue weighted by Crippen LogP contribution is -2.31. The largest absolute Gasteiger partial charge is 0.744 e. The predicted octanol–water partition coefficient (Wildman–Crippen LogP) is 2.13. The van der Waals surface area contributed by atoms with E-state index in [2.05, 4.69) is 6.07 Å². The van der Waals surface area contributed by atoms with E-state index in [0.29, 0.717) is 5.69 Å². The lowest BCUT2D eigenvalue weighted by atomic mass is 10.1. The van der Waals surface area contributed by atoms with E-state index < -0.39 is 10.1 Å². The Bertz CT molecular complexity index is 962. The second-order valence-electron chi connectivity index (χ2n) is 4.74. The molecule has 0 aliphatic heterocycles. The summed E-state index contributed by atoms with van der Waals surface area (Å²) in [7, 11) is -2.37. The number of hydrogen-bond acceptors (Lipinski definition) is 4. The Labute approximate surface area is 134 Å². The molecule has 0 spiro atoms. The third-order valence-electron chi connectivity index (χ3n) is 3.18. The highest BCUT2D eigenvalue weighted by Crippen LogP contribution is 2.13. The number of nitrogens with zero attached hydrogens (tertiary/aromatic N) is 2. The summed E-state index contributed by atoms with van der Waals surface area (Å²) in [6.45, 7) is 0. The molecule has 3 rings (SSSR count). The summed E-state index contributed by atoms with van der Waals surface area (Å²) in [5.74, 6) is 0. The molecule has 0 aliphatic rings. The maximum absolute atomic E-state index is 10.3. The minimum atomic E-state index is -4.25. The van der Waals surface area contributed by atoms with Crippen LogP contribution in [0, 0.1) is 11.3 Å². The number of benzene rings is 2. The lowest BCUT2D eigenvalue weighted by Gasteiger charge is -2.04. The van der Waals surface area contributed by atoms with Crippen molar-refractivity contribution in [3.8, 4) is 6.07 Å². The van der Waals surface area contributed by atoms with E-state index in [1.807, 2.05) is 48.1 Å². The predicted molar refractivity (Wildman–Crippen MR) is 84.2 cm³/mol. The first-order valence-corrected chi connectivity index (χ1v) is 8.13. The van der Waals surface area contributed by atoms with Gasteiger partial charge in [0.1, 0.15) is 17.2 Å². The maximum atomic E-state index is 10.3. The molecule has 1 heterocycles. The minimum Gasteiger partial charge on any atom is -0.744 e. The van der Waals surface area contributed by atoms with E-state index in [4.69, 9.17) is 5.26 Å². The molecule has 116 valence electrons. The van der Waals surface area contributed by atoms with Gasteiger partial charge in [-0.25, -0.2) is 8.42 Å². The normalized spacial score (nSPS) is 10.5. The highest BCUT2D eigenvalue weighted by Gasteiger charge is 2.09. The van der Waals surface area contributed by atoms with Gasteiger partial charge in [-0.05, 0) is 23.6 Å². The van der Waals surface area contributed by atoms with E-state index in [1.54, 1.807) is 6.07 Å². The van der Waals surface area contributed by atoms with E-state index in [0.717, 1.165) is 10.8 Å². The number of pyridine rings is 1. The number of nitriles is 1. The number of aromatic nitrogens is 1. The molecular formula is C17H14N2O3S. The van der Waals surface area contributed by atoms with Crippen LogP contribution in [0.4, 0.5) is 0 Å². The van der Waals surface area contributed by atoms with Crippen LogP contribution in [0.3, 0.4) is 0 Å². The van der Waals surface area contributed by atoms with Gasteiger partial charge < -0.3 is 4.55 Å². The monoisotopic (exact) mass is 326 g/mol. The topological polar surface area (TPSA) is 84.9 Å². The van der Waals surface area contributed by atoms with Gasteiger partial charge in [-0.1, -0.05) is 36.4 Å². The first-order valence-electron chi connectivity index (χ1n) is 6.72. The first-order chi connectivity index (χ1) is 10.9. The van der Waals surface area contributed by atoms with Gasteiger partial charge in [-0.3, -0.25) is 0 Å². The molecule has 6 heteroatoms. The summed E-state index contributed by atoms with van der Waals surface area (Å²) < 4.78 is 32.7.